The third-order valence-electron chi connectivity index (χ3n) is 5.87. The van der Waals surface area contributed by atoms with Crippen molar-refractivity contribution in [3.63, 3.8) is 0 Å². The van der Waals surface area contributed by atoms with E-state index >= 15 is 0 Å². The van der Waals surface area contributed by atoms with E-state index in [-0.39, 0.29) is 30.8 Å². The van der Waals surface area contributed by atoms with Gasteiger partial charge in [-0.25, -0.2) is 0 Å². The van der Waals surface area contributed by atoms with Gasteiger partial charge in [0, 0.05) is 38.2 Å². The first-order valence-corrected chi connectivity index (χ1v) is 12.2. The molecule has 2 aromatic rings. The maximum Gasteiger partial charge on any atom is 0.242 e. The monoisotopic (exact) mass is 514 g/mol. The minimum Gasteiger partial charge on any atom is -0.352 e. The number of carbonyl (C=O) groups is 2. The van der Waals surface area contributed by atoms with Crippen LogP contribution in [-0.2, 0) is 22.6 Å². The minimum atomic E-state index is -0.706. The minimum absolute atomic E-state index is 0.0269. The van der Waals surface area contributed by atoms with Gasteiger partial charge in [-0.2, -0.15) is 0 Å². The van der Waals surface area contributed by atoms with Crippen LogP contribution in [-0.4, -0.2) is 28.8 Å². The van der Waals surface area contributed by atoms with Crippen molar-refractivity contribution in [3.05, 3.63) is 67.6 Å². The standard InChI is InChI=1S/C24H26Cl4N2O2/c1-15(24(32)29-18-6-3-2-4-7-18)30(14-19-20(26)8-5-9-21(19)27)23(31)12-16-10-11-17(25)13-22(16)28/h5,8-11,13,15,18H,2-4,6-7,12,14H2,1H3,(H,29,32)/t15-/m0/s1. The lowest BCUT2D eigenvalue weighted by Crippen LogP contribution is -2.50. The van der Waals surface area contributed by atoms with Gasteiger partial charge in [0.15, 0.2) is 0 Å². The molecule has 1 aliphatic rings. The fraction of sp³-hybridized carbons (Fsp3) is 0.417. The third-order valence-corrected chi connectivity index (χ3v) is 7.16. The van der Waals surface area contributed by atoms with Gasteiger partial charge in [0.2, 0.25) is 11.8 Å². The van der Waals surface area contributed by atoms with Crippen LogP contribution in [0.1, 0.15) is 50.2 Å². The Morgan fingerprint density at radius 3 is 2.28 bits per heavy atom. The molecule has 0 heterocycles. The second-order valence-corrected chi connectivity index (χ2v) is 9.81. The zero-order chi connectivity index (χ0) is 23.3. The summed E-state index contributed by atoms with van der Waals surface area (Å²) in [6.45, 7) is 1.84. The Morgan fingerprint density at radius 1 is 1.00 bits per heavy atom. The van der Waals surface area contributed by atoms with E-state index in [0.717, 1.165) is 25.7 Å². The van der Waals surface area contributed by atoms with Gasteiger partial charge in [0.25, 0.3) is 0 Å². The summed E-state index contributed by atoms with van der Waals surface area (Å²) in [6.07, 6.45) is 5.35. The Kier molecular flexibility index (Phi) is 9.13. The second kappa shape index (κ2) is 11.6. The molecular weight excluding hydrogens is 490 g/mol. The number of hydrogen-bond acceptors (Lipinski definition) is 2. The topological polar surface area (TPSA) is 49.4 Å². The highest BCUT2D eigenvalue weighted by molar-refractivity contribution is 6.36. The highest BCUT2D eigenvalue weighted by atomic mass is 35.5. The zero-order valence-corrected chi connectivity index (χ0v) is 20.9. The van der Waals surface area contributed by atoms with Crippen LogP contribution in [0.3, 0.4) is 0 Å². The van der Waals surface area contributed by atoms with Crippen molar-refractivity contribution in [1.29, 1.82) is 0 Å². The van der Waals surface area contributed by atoms with Crippen molar-refractivity contribution >= 4 is 58.2 Å². The van der Waals surface area contributed by atoms with Crippen molar-refractivity contribution in [2.45, 2.75) is 64.1 Å². The number of nitrogens with zero attached hydrogens (tertiary/aromatic N) is 1. The molecular formula is C24H26Cl4N2O2. The molecule has 1 saturated carbocycles. The number of nitrogens with one attached hydrogen (secondary N) is 1. The van der Waals surface area contributed by atoms with Crippen LogP contribution in [0.5, 0.6) is 0 Å². The highest BCUT2D eigenvalue weighted by Crippen LogP contribution is 2.28. The van der Waals surface area contributed by atoms with Crippen LogP contribution in [0.4, 0.5) is 0 Å². The van der Waals surface area contributed by atoms with Crippen molar-refractivity contribution in [3.8, 4) is 0 Å². The predicted octanol–water partition coefficient (Wildman–Crippen LogP) is 6.71. The van der Waals surface area contributed by atoms with E-state index < -0.39 is 6.04 Å². The first kappa shape index (κ1) is 25.2. The number of rotatable bonds is 7. The number of benzene rings is 2. The van der Waals surface area contributed by atoms with E-state index in [1.807, 2.05) is 0 Å². The van der Waals surface area contributed by atoms with Crippen molar-refractivity contribution < 1.29 is 9.59 Å². The molecule has 0 aromatic heterocycles. The van der Waals surface area contributed by atoms with Crippen molar-refractivity contribution in [2.75, 3.05) is 0 Å². The molecule has 0 saturated heterocycles. The molecule has 32 heavy (non-hydrogen) atoms. The highest BCUT2D eigenvalue weighted by Gasteiger charge is 2.29. The normalized spacial score (nSPS) is 15.3. The van der Waals surface area contributed by atoms with E-state index in [1.165, 1.54) is 11.3 Å². The SMILES string of the molecule is C[C@@H](C(=O)NC1CCCCC1)N(Cc1c(Cl)cccc1Cl)C(=O)Cc1ccc(Cl)cc1Cl. The van der Waals surface area contributed by atoms with Gasteiger partial charge in [0.1, 0.15) is 6.04 Å². The molecule has 4 nitrogen and oxygen atoms in total. The van der Waals surface area contributed by atoms with Crippen LogP contribution in [0, 0.1) is 0 Å². The number of hydrogen-bond donors (Lipinski definition) is 1. The van der Waals surface area contributed by atoms with Gasteiger partial charge in [-0.15, -0.1) is 0 Å². The molecule has 8 heteroatoms. The molecule has 3 rings (SSSR count). The summed E-state index contributed by atoms with van der Waals surface area (Å²) in [6, 6.07) is 9.61. The summed E-state index contributed by atoms with van der Waals surface area (Å²) in [4.78, 5) is 28.0. The third kappa shape index (κ3) is 6.54. The summed E-state index contributed by atoms with van der Waals surface area (Å²) in [5.41, 5.74) is 1.24. The van der Waals surface area contributed by atoms with Gasteiger partial charge in [-0.3, -0.25) is 9.59 Å². The predicted molar refractivity (Wildman–Crippen MR) is 132 cm³/mol. The fourth-order valence-corrected chi connectivity index (χ4v) is 4.93. The van der Waals surface area contributed by atoms with Crippen LogP contribution in [0.25, 0.3) is 0 Å². The number of amides is 2. The van der Waals surface area contributed by atoms with Gasteiger partial charge in [-0.05, 0) is 49.6 Å². The summed E-state index contributed by atoms with van der Waals surface area (Å²) < 4.78 is 0. The zero-order valence-electron chi connectivity index (χ0n) is 17.8. The smallest absolute Gasteiger partial charge is 0.242 e. The molecule has 0 unspecified atom stereocenters. The Morgan fingerprint density at radius 2 is 1.66 bits per heavy atom. The van der Waals surface area contributed by atoms with Crippen molar-refractivity contribution in [2.24, 2.45) is 0 Å². The Hall–Kier alpha value is -1.46. The maximum atomic E-state index is 13.4. The molecule has 2 aromatic carbocycles. The van der Waals surface area contributed by atoms with E-state index in [9.17, 15) is 9.59 Å². The molecule has 0 bridgehead atoms. The molecule has 1 atom stereocenters. The van der Waals surface area contributed by atoms with Gasteiger partial charge in [0.05, 0.1) is 6.42 Å². The summed E-state index contributed by atoms with van der Waals surface area (Å²) in [5.74, 6) is -0.438. The molecule has 0 spiro atoms. The molecule has 2 amide bonds. The first-order chi connectivity index (χ1) is 15.3. The molecule has 172 valence electrons. The lowest BCUT2D eigenvalue weighted by molar-refractivity contribution is -0.140. The number of carbonyl (C=O) groups excluding carboxylic acids is 2. The largest absolute Gasteiger partial charge is 0.352 e. The van der Waals surface area contributed by atoms with Gasteiger partial charge in [-0.1, -0.05) is 77.8 Å². The Balaban J connectivity index is 1.83. The Labute approximate surface area is 209 Å². The van der Waals surface area contributed by atoms with E-state index in [2.05, 4.69) is 5.32 Å². The van der Waals surface area contributed by atoms with Crippen LogP contribution >= 0.6 is 46.4 Å². The lowest BCUT2D eigenvalue weighted by Gasteiger charge is -2.31. The second-order valence-electron chi connectivity index (χ2n) is 8.15. The van der Waals surface area contributed by atoms with Gasteiger partial charge >= 0.3 is 0 Å². The Bertz CT molecular complexity index is 956. The van der Waals surface area contributed by atoms with Crippen LogP contribution < -0.4 is 5.32 Å². The van der Waals surface area contributed by atoms with E-state index in [0.29, 0.717) is 31.2 Å². The molecule has 1 aliphatic carbocycles. The molecule has 0 radical (unpaired) electrons. The lowest BCUT2D eigenvalue weighted by atomic mass is 9.95. The number of halogens is 4. The van der Waals surface area contributed by atoms with Crippen LogP contribution in [0.15, 0.2) is 36.4 Å². The summed E-state index contributed by atoms with van der Waals surface area (Å²) in [7, 11) is 0. The quantitative estimate of drug-likeness (QED) is 0.445. The van der Waals surface area contributed by atoms with Gasteiger partial charge < -0.3 is 10.2 Å². The molecule has 0 aliphatic heterocycles. The van der Waals surface area contributed by atoms with E-state index in [1.54, 1.807) is 43.3 Å². The van der Waals surface area contributed by atoms with Crippen molar-refractivity contribution in [1.82, 2.24) is 10.2 Å². The van der Waals surface area contributed by atoms with Crippen LogP contribution in [0.2, 0.25) is 20.1 Å². The maximum absolute atomic E-state index is 13.4. The fourth-order valence-electron chi connectivity index (χ4n) is 3.93. The average molecular weight is 516 g/mol. The molecule has 1 fully saturated rings. The molecule has 1 N–H and O–H groups in total. The summed E-state index contributed by atoms with van der Waals surface area (Å²) >= 11 is 25.0. The van der Waals surface area contributed by atoms with E-state index in [4.69, 9.17) is 46.4 Å². The average Bonchev–Trinajstić information content (AvgIpc) is 2.75. The summed E-state index contributed by atoms with van der Waals surface area (Å²) in [5, 5.41) is 4.89. The first-order valence-electron chi connectivity index (χ1n) is 10.7.